The summed E-state index contributed by atoms with van der Waals surface area (Å²) in [5.74, 6) is -0.561. The average Bonchev–Trinajstić information content (AvgIpc) is 3.01. The lowest BCUT2D eigenvalue weighted by molar-refractivity contribution is -0.0918. The van der Waals surface area contributed by atoms with Crippen LogP contribution in [0, 0.1) is 6.92 Å². The number of alkyl halides is 3. The summed E-state index contributed by atoms with van der Waals surface area (Å²) < 4.78 is 41.0. The van der Waals surface area contributed by atoms with E-state index in [-0.39, 0.29) is 17.0 Å². The van der Waals surface area contributed by atoms with E-state index < -0.39 is 17.5 Å². The van der Waals surface area contributed by atoms with E-state index in [4.69, 9.17) is 4.84 Å². The van der Waals surface area contributed by atoms with Gasteiger partial charge in [0, 0.05) is 18.8 Å². The fourth-order valence-electron chi connectivity index (χ4n) is 2.58. The lowest BCUT2D eigenvalue weighted by Crippen LogP contribution is -2.21. The van der Waals surface area contributed by atoms with Crippen molar-refractivity contribution in [3.8, 4) is 5.75 Å². The first kappa shape index (κ1) is 18.5. The van der Waals surface area contributed by atoms with Crippen LogP contribution >= 0.6 is 0 Å². The van der Waals surface area contributed by atoms with Crippen LogP contribution in [-0.4, -0.2) is 29.5 Å². The number of hydroxylamine groups is 1. The Labute approximate surface area is 153 Å². The van der Waals surface area contributed by atoms with Gasteiger partial charge in [0.25, 0.3) is 0 Å². The van der Waals surface area contributed by atoms with Crippen LogP contribution in [0.5, 0.6) is 5.75 Å². The van der Waals surface area contributed by atoms with Crippen LogP contribution in [-0.2, 0) is 4.84 Å². The second kappa shape index (κ2) is 7.14. The molecule has 0 amide bonds. The number of aromatic nitrogens is 1. The zero-order valence-corrected chi connectivity index (χ0v) is 14.5. The second-order valence-corrected chi connectivity index (χ2v) is 5.83. The third kappa shape index (κ3) is 3.94. The molecule has 1 aromatic carbocycles. The van der Waals surface area contributed by atoms with Crippen LogP contribution in [0.25, 0.3) is 6.08 Å². The molecule has 1 aliphatic rings. The van der Waals surface area contributed by atoms with Crippen LogP contribution in [0.15, 0.2) is 64.7 Å². The van der Waals surface area contributed by atoms with Crippen molar-refractivity contribution in [2.75, 3.05) is 12.1 Å². The first-order chi connectivity index (χ1) is 12.8. The number of aromatic hydroxyl groups is 1. The third-order valence-corrected chi connectivity index (χ3v) is 3.93. The molecule has 0 fully saturated rings. The highest BCUT2D eigenvalue weighted by molar-refractivity contribution is 5.87. The molecule has 0 atom stereocenters. The molecule has 140 valence electrons. The number of allylic oxidation sites excluding steroid dienone is 2. The molecule has 5 nitrogen and oxygen atoms in total. The Balaban J connectivity index is 2.00. The maximum Gasteiger partial charge on any atom is 0.422 e. The molecule has 0 unspecified atom stereocenters. The summed E-state index contributed by atoms with van der Waals surface area (Å²) in [5, 5.41) is 11.1. The van der Waals surface area contributed by atoms with Gasteiger partial charge in [0.05, 0.1) is 23.8 Å². The van der Waals surface area contributed by atoms with Gasteiger partial charge in [-0.15, -0.1) is 0 Å². The summed E-state index contributed by atoms with van der Waals surface area (Å²) in [6.45, 7) is 1.69. The summed E-state index contributed by atoms with van der Waals surface area (Å²) in [5.41, 5.74) is 0.0332. The topological polar surface area (TPSA) is 58.0 Å². The fourth-order valence-corrected chi connectivity index (χ4v) is 2.58. The Morgan fingerprint density at radius 2 is 1.96 bits per heavy atom. The molecule has 0 aliphatic carbocycles. The number of nitrogens with zero attached hydrogens (tertiary/aromatic N) is 3. The number of aryl methyl sites for hydroxylation is 1. The zero-order chi connectivity index (χ0) is 19.6. The molecule has 1 aliphatic heterocycles. The second-order valence-electron chi connectivity index (χ2n) is 5.83. The molecule has 0 radical (unpaired) electrons. The maximum atomic E-state index is 13.7. The van der Waals surface area contributed by atoms with Crippen molar-refractivity contribution in [3.63, 3.8) is 0 Å². The van der Waals surface area contributed by atoms with E-state index in [9.17, 15) is 18.3 Å². The number of benzene rings is 1. The number of anilines is 1. The van der Waals surface area contributed by atoms with Crippen molar-refractivity contribution in [2.24, 2.45) is 4.99 Å². The number of hydrogen-bond donors (Lipinski definition) is 1. The van der Waals surface area contributed by atoms with Crippen molar-refractivity contribution in [3.05, 3.63) is 70.9 Å². The van der Waals surface area contributed by atoms with Crippen molar-refractivity contribution >= 4 is 18.0 Å². The number of phenolic OH excluding ortho intramolecular Hbond substituents is 1. The van der Waals surface area contributed by atoms with Crippen LogP contribution in [0.2, 0.25) is 0 Å². The molecule has 0 saturated heterocycles. The molecule has 1 aromatic heterocycles. The first-order valence-corrected chi connectivity index (χ1v) is 7.95. The number of phenols is 1. The fraction of sp³-hybridized carbons (Fsp3) is 0.158. The number of rotatable bonds is 4. The summed E-state index contributed by atoms with van der Waals surface area (Å²) in [7, 11) is 1.47. The molecule has 0 spiro atoms. The van der Waals surface area contributed by atoms with Crippen molar-refractivity contribution in [2.45, 2.75) is 13.1 Å². The van der Waals surface area contributed by atoms with Gasteiger partial charge >= 0.3 is 6.18 Å². The molecule has 3 rings (SSSR count). The molecule has 27 heavy (non-hydrogen) atoms. The van der Waals surface area contributed by atoms with Gasteiger partial charge in [-0.25, -0.2) is 5.06 Å². The predicted molar refractivity (Wildman–Crippen MR) is 96.1 cm³/mol. The minimum Gasteiger partial charge on any atom is -0.507 e. The molecule has 1 N–H and O–H groups in total. The largest absolute Gasteiger partial charge is 0.507 e. The van der Waals surface area contributed by atoms with Gasteiger partial charge in [0.1, 0.15) is 11.3 Å². The van der Waals surface area contributed by atoms with E-state index in [0.29, 0.717) is 11.3 Å². The minimum atomic E-state index is -4.69. The van der Waals surface area contributed by atoms with Gasteiger partial charge in [-0.3, -0.25) is 9.98 Å². The average molecular weight is 375 g/mol. The Hall–Kier alpha value is -3.29. The predicted octanol–water partition coefficient (Wildman–Crippen LogP) is 4.41. The van der Waals surface area contributed by atoms with Crippen molar-refractivity contribution < 1.29 is 23.1 Å². The van der Waals surface area contributed by atoms with E-state index in [1.54, 1.807) is 37.4 Å². The Morgan fingerprint density at radius 1 is 1.19 bits per heavy atom. The SMILES string of the molecule is Cc1cccc(O)c1C=C1N=CC(ON(C)c2cccnc2)=C1C(F)(F)F. The van der Waals surface area contributed by atoms with Gasteiger partial charge in [-0.2, -0.15) is 13.2 Å². The number of aliphatic imine (C=N–C) groups is 1. The zero-order valence-electron chi connectivity index (χ0n) is 14.5. The summed E-state index contributed by atoms with van der Waals surface area (Å²) in [6, 6.07) is 8.00. The van der Waals surface area contributed by atoms with E-state index in [1.165, 1.54) is 30.5 Å². The summed E-state index contributed by atoms with van der Waals surface area (Å²) in [4.78, 5) is 13.1. The minimum absolute atomic E-state index is 0.124. The lowest BCUT2D eigenvalue weighted by Gasteiger charge is -2.20. The molecule has 0 bridgehead atoms. The van der Waals surface area contributed by atoms with Crippen molar-refractivity contribution in [1.82, 2.24) is 4.98 Å². The van der Waals surface area contributed by atoms with E-state index in [2.05, 4.69) is 9.98 Å². The number of hydrogen-bond acceptors (Lipinski definition) is 5. The molecular formula is C19H16F3N3O2. The maximum absolute atomic E-state index is 13.7. The highest BCUT2D eigenvalue weighted by atomic mass is 19.4. The van der Waals surface area contributed by atoms with Gasteiger partial charge < -0.3 is 9.94 Å². The van der Waals surface area contributed by atoms with E-state index in [0.717, 1.165) is 6.21 Å². The molecular weight excluding hydrogens is 359 g/mol. The van der Waals surface area contributed by atoms with Crippen LogP contribution in [0.4, 0.5) is 18.9 Å². The number of halogens is 3. The smallest absolute Gasteiger partial charge is 0.422 e. The van der Waals surface area contributed by atoms with Crippen LogP contribution < -0.4 is 5.06 Å². The Morgan fingerprint density at radius 3 is 2.59 bits per heavy atom. The summed E-state index contributed by atoms with van der Waals surface area (Å²) in [6.07, 6.45) is 0.527. The van der Waals surface area contributed by atoms with Gasteiger partial charge in [-0.05, 0) is 36.8 Å². The standard InChI is InChI=1S/C19H16F3N3O2/c1-12-5-3-7-16(26)14(12)9-15-18(19(20,21)22)17(11-24-15)27-25(2)13-6-4-8-23-10-13/h3-11,26H,1-2H3. The van der Waals surface area contributed by atoms with Gasteiger partial charge in [0.2, 0.25) is 0 Å². The molecule has 2 heterocycles. The third-order valence-electron chi connectivity index (χ3n) is 3.93. The quantitative estimate of drug-likeness (QED) is 0.805. The Bertz CT molecular complexity index is 915. The highest BCUT2D eigenvalue weighted by Crippen LogP contribution is 2.39. The van der Waals surface area contributed by atoms with Gasteiger partial charge in [0.15, 0.2) is 5.76 Å². The van der Waals surface area contributed by atoms with Gasteiger partial charge in [-0.1, -0.05) is 12.1 Å². The van der Waals surface area contributed by atoms with E-state index in [1.807, 2.05) is 0 Å². The van der Waals surface area contributed by atoms with E-state index >= 15 is 0 Å². The normalized spacial score (nSPS) is 15.5. The molecule has 2 aromatic rings. The lowest BCUT2D eigenvalue weighted by atomic mass is 10.0. The number of pyridine rings is 1. The highest BCUT2D eigenvalue weighted by Gasteiger charge is 2.42. The van der Waals surface area contributed by atoms with Crippen LogP contribution in [0.3, 0.4) is 0 Å². The molecule has 0 saturated carbocycles. The molecule has 8 heteroatoms. The Kier molecular flexibility index (Phi) is 4.89. The first-order valence-electron chi connectivity index (χ1n) is 7.95. The monoisotopic (exact) mass is 375 g/mol. The van der Waals surface area contributed by atoms with Crippen molar-refractivity contribution in [1.29, 1.82) is 0 Å². The van der Waals surface area contributed by atoms with Crippen LogP contribution in [0.1, 0.15) is 11.1 Å². The summed E-state index contributed by atoms with van der Waals surface area (Å²) >= 11 is 0.